The number of hydrogen-bond acceptors (Lipinski definition) is 7. The molecule has 0 spiro atoms. The summed E-state index contributed by atoms with van der Waals surface area (Å²) in [5.41, 5.74) is 1.69. The van der Waals surface area contributed by atoms with E-state index in [-0.39, 0.29) is 30.4 Å². The van der Waals surface area contributed by atoms with E-state index in [4.69, 9.17) is 4.74 Å². The van der Waals surface area contributed by atoms with Crippen molar-refractivity contribution in [2.75, 3.05) is 6.54 Å². The van der Waals surface area contributed by atoms with Gasteiger partial charge in [0, 0.05) is 18.5 Å². The second-order valence-electron chi connectivity index (χ2n) is 8.91. The van der Waals surface area contributed by atoms with Gasteiger partial charge in [0.15, 0.2) is 0 Å². The largest absolute Gasteiger partial charge is 0.847 e. The number of fused-ring (bicyclic) bond motifs is 1. The highest BCUT2D eigenvalue weighted by molar-refractivity contribution is 5.85. The smallest absolute Gasteiger partial charge is 0.150 e. The normalized spacial score (nSPS) is 15.7. The number of carbonyl (C=O) groups is 2. The van der Waals surface area contributed by atoms with Gasteiger partial charge in [0.05, 0.1) is 24.4 Å². The van der Waals surface area contributed by atoms with E-state index in [2.05, 4.69) is 11.4 Å². The Morgan fingerprint density at radius 2 is 1.77 bits per heavy atom. The first-order valence-electron chi connectivity index (χ1n) is 11.8. The third-order valence-electron chi connectivity index (χ3n) is 5.89. The lowest BCUT2D eigenvalue weighted by Crippen LogP contribution is -2.43. The monoisotopic (exact) mass is 478 g/mol. The van der Waals surface area contributed by atoms with E-state index in [9.17, 15) is 24.9 Å². The number of hydrogen-bond donors (Lipinski definition) is 3. The van der Waals surface area contributed by atoms with E-state index in [0.29, 0.717) is 24.6 Å². The number of aliphatic hydroxyl groups is 2. The summed E-state index contributed by atoms with van der Waals surface area (Å²) >= 11 is 0. The fourth-order valence-electron chi connectivity index (χ4n) is 4.14. The van der Waals surface area contributed by atoms with Crippen molar-refractivity contribution in [1.29, 1.82) is 0 Å². The summed E-state index contributed by atoms with van der Waals surface area (Å²) in [4.78, 5) is 22.5. The molecule has 7 heteroatoms. The Labute approximate surface area is 205 Å². The van der Waals surface area contributed by atoms with Crippen LogP contribution in [0.1, 0.15) is 47.9 Å². The molecule has 0 amide bonds. The van der Waals surface area contributed by atoms with E-state index in [1.165, 1.54) is 18.2 Å². The van der Waals surface area contributed by atoms with Gasteiger partial charge in [0.25, 0.3) is 0 Å². The van der Waals surface area contributed by atoms with Gasteiger partial charge in [0.1, 0.15) is 18.3 Å². The van der Waals surface area contributed by atoms with Crippen molar-refractivity contribution in [1.82, 2.24) is 5.32 Å². The number of carbonyl (C=O) groups excluding carboxylic acids is 2. The summed E-state index contributed by atoms with van der Waals surface area (Å²) in [6, 6.07) is 18.0. The minimum Gasteiger partial charge on any atom is -0.847 e. The number of aldehydes is 2. The summed E-state index contributed by atoms with van der Waals surface area (Å²) in [6.45, 7) is 3.31. The zero-order valence-corrected chi connectivity index (χ0v) is 20.0. The van der Waals surface area contributed by atoms with Crippen LogP contribution in [0.3, 0.4) is 0 Å². The molecule has 0 fully saturated rings. The zero-order chi connectivity index (χ0) is 25.4. The maximum absolute atomic E-state index is 13.1. The molecule has 3 aromatic rings. The first kappa shape index (κ1) is 26.5. The molecule has 0 aromatic heterocycles. The lowest BCUT2D eigenvalue weighted by atomic mass is 9.99. The number of ether oxygens (including phenoxy) is 1. The number of benzene rings is 3. The maximum atomic E-state index is 13.1. The number of rotatable bonds is 13. The van der Waals surface area contributed by atoms with E-state index in [0.717, 1.165) is 16.3 Å². The quantitative estimate of drug-likeness (QED) is 0.323. The predicted octanol–water partition coefficient (Wildman–Crippen LogP) is 2.35. The molecular weight excluding hydrogens is 446 g/mol. The van der Waals surface area contributed by atoms with E-state index < -0.39 is 24.4 Å². The fourth-order valence-corrected chi connectivity index (χ4v) is 4.14. The van der Waals surface area contributed by atoms with Gasteiger partial charge < -0.3 is 30.2 Å². The van der Waals surface area contributed by atoms with Crippen molar-refractivity contribution in [3.05, 3.63) is 77.4 Å². The molecule has 35 heavy (non-hydrogen) atoms. The highest BCUT2D eigenvalue weighted by atomic mass is 16.5. The van der Waals surface area contributed by atoms with Gasteiger partial charge in [0.2, 0.25) is 0 Å². The van der Waals surface area contributed by atoms with Gasteiger partial charge >= 0.3 is 0 Å². The topological polar surface area (TPSA) is 119 Å². The Balaban J connectivity index is 1.75. The van der Waals surface area contributed by atoms with Crippen LogP contribution in [0.2, 0.25) is 0 Å². The summed E-state index contributed by atoms with van der Waals surface area (Å²) < 4.78 is 6.13. The van der Waals surface area contributed by atoms with Gasteiger partial charge in [-0.15, -0.1) is 0 Å². The molecule has 7 nitrogen and oxygen atoms in total. The van der Waals surface area contributed by atoms with Crippen LogP contribution in [0, 0.1) is 0 Å². The lowest BCUT2D eigenvalue weighted by Gasteiger charge is -2.32. The maximum Gasteiger partial charge on any atom is 0.150 e. The average molecular weight is 479 g/mol. The van der Waals surface area contributed by atoms with Crippen LogP contribution in [-0.4, -0.2) is 53.7 Å². The minimum absolute atomic E-state index is 0.134. The van der Waals surface area contributed by atoms with Crippen molar-refractivity contribution < 1.29 is 29.6 Å². The third kappa shape index (κ3) is 7.19. The standard InChI is InChI=1S/C28H32NO6/c1-18(32)12-23(17-31)29-15-26(33)28(34)25-11-10-20(16-30)14-27(25)35-19(2)13-22-8-5-7-21-6-3-4-9-24(21)22/h3-11,14,16-19,23,26,28-29,32-33H,12-13,15H2,1-2H3/q-1/t18?,19?,23-,26?,28?/m0/s1. The van der Waals surface area contributed by atoms with Crippen LogP contribution in [0.25, 0.3) is 10.8 Å². The Morgan fingerprint density at radius 1 is 1.03 bits per heavy atom. The molecule has 3 aromatic carbocycles. The van der Waals surface area contributed by atoms with Gasteiger partial charge in [-0.1, -0.05) is 60.7 Å². The molecule has 186 valence electrons. The van der Waals surface area contributed by atoms with Crippen molar-refractivity contribution >= 4 is 23.3 Å². The molecule has 0 bridgehead atoms. The van der Waals surface area contributed by atoms with Crippen LogP contribution >= 0.6 is 0 Å². The van der Waals surface area contributed by atoms with Crippen LogP contribution in [0.4, 0.5) is 0 Å². The van der Waals surface area contributed by atoms with E-state index in [1.807, 2.05) is 43.3 Å². The molecule has 3 rings (SSSR count). The van der Waals surface area contributed by atoms with Crippen LogP contribution < -0.4 is 15.2 Å². The van der Waals surface area contributed by atoms with E-state index >= 15 is 0 Å². The zero-order valence-electron chi connectivity index (χ0n) is 20.0. The minimum atomic E-state index is -1.57. The Morgan fingerprint density at radius 3 is 2.49 bits per heavy atom. The highest BCUT2D eigenvalue weighted by Crippen LogP contribution is 2.29. The fraction of sp³-hybridized carbons (Fsp3) is 0.357. The summed E-state index contributed by atoms with van der Waals surface area (Å²) in [5.74, 6) is 0.248. The number of nitrogens with one attached hydrogen (secondary N) is 1. The molecule has 0 radical (unpaired) electrons. The van der Waals surface area contributed by atoms with Gasteiger partial charge in [-0.2, -0.15) is 0 Å². The van der Waals surface area contributed by atoms with Gasteiger partial charge in [-0.25, -0.2) is 0 Å². The third-order valence-corrected chi connectivity index (χ3v) is 5.89. The van der Waals surface area contributed by atoms with Gasteiger partial charge in [-0.05, 0) is 48.2 Å². The Hall–Kier alpha value is -3.10. The van der Waals surface area contributed by atoms with Crippen molar-refractivity contribution in [3.8, 4) is 5.75 Å². The first-order valence-corrected chi connectivity index (χ1v) is 11.8. The van der Waals surface area contributed by atoms with E-state index in [1.54, 1.807) is 6.92 Å². The average Bonchev–Trinajstić information content (AvgIpc) is 2.85. The molecule has 0 aliphatic rings. The molecule has 3 N–H and O–H groups in total. The lowest BCUT2D eigenvalue weighted by molar-refractivity contribution is -0.444. The molecule has 4 unspecified atom stereocenters. The molecule has 0 aliphatic carbocycles. The molecule has 0 saturated carbocycles. The van der Waals surface area contributed by atoms with Crippen molar-refractivity contribution in [2.45, 2.75) is 57.1 Å². The summed E-state index contributed by atoms with van der Waals surface area (Å²) in [6.07, 6.45) is -1.86. The summed E-state index contributed by atoms with van der Waals surface area (Å²) in [7, 11) is 0. The number of aliphatic hydroxyl groups excluding tert-OH is 2. The molecule has 0 aliphatic heterocycles. The van der Waals surface area contributed by atoms with Crippen molar-refractivity contribution in [3.63, 3.8) is 0 Å². The first-order chi connectivity index (χ1) is 16.8. The second kappa shape index (κ2) is 12.6. The Kier molecular flexibility index (Phi) is 9.51. The van der Waals surface area contributed by atoms with Gasteiger partial charge in [-0.3, -0.25) is 4.79 Å². The van der Waals surface area contributed by atoms with Crippen molar-refractivity contribution in [2.24, 2.45) is 0 Å². The molecular formula is C28H32NO6-. The predicted molar refractivity (Wildman–Crippen MR) is 132 cm³/mol. The Bertz CT molecular complexity index is 1130. The van der Waals surface area contributed by atoms with Crippen LogP contribution in [0.5, 0.6) is 5.75 Å². The molecule has 0 heterocycles. The second-order valence-corrected chi connectivity index (χ2v) is 8.91. The van der Waals surface area contributed by atoms with Crippen LogP contribution in [0.15, 0.2) is 60.7 Å². The SMILES string of the molecule is CC(O)C[C@@H](C=O)NCC(O)C([O-])c1ccc(C=O)cc1OC(C)Cc1cccc2ccccc12. The highest BCUT2D eigenvalue weighted by Gasteiger charge is 2.19. The molecule has 0 saturated heterocycles. The summed E-state index contributed by atoms with van der Waals surface area (Å²) in [5, 5.41) is 38.1. The molecule has 5 atom stereocenters. The van der Waals surface area contributed by atoms with Crippen LogP contribution in [-0.2, 0) is 11.2 Å².